The summed E-state index contributed by atoms with van der Waals surface area (Å²) in [6.07, 6.45) is 10.2. The van der Waals surface area contributed by atoms with Gasteiger partial charge in [-0.25, -0.2) is 0 Å². The minimum Gasteiger partial charge on any atom is -0.290 e. The van der Waals surface area contributed by atoms with Crippen LogP contribution in [-0.2, 0) is 9.59 Å². The fourth-order valence-corrected chi connectivity index (χ4v) is 1.39. The minimum atomic E-state index is -0.0163. The van der Waals surface area contributed by atoms with Gasteiger partial charge in [-0.3, -0.25) is 9.59 Å². The number of hydrogen-bond donors (Lipinski definition) is 0. The summed E-state index contributed by atoms with van der Waals surface area (Å²) in [4.78, 5) is 22.2. The molecule has 64 valence electrons. The van der Waals surface area contributed by atoms with Crippen LogP contribution < -0.4 is 0 Å². The van der Waals surface area contributed by atoms with E-state index in [-0.39, 0.29) is 11.6 Å². The summed E-state index contributed by atoms with van der Waals surface area (Å²) in [6, 6.07) is 0. The minimum absolute atomic E-state index is 0.0163. The van der Waals surface area contributed by atoms with E-state index in [0.29, 0.717) is 6.42 Å². The van der Waals surface area contributed by atoms with Gasteiger partial charge in [0.05, 0.1) is 0 Å². The Morgan fingerprint density at radius 1 is 0.769 bits per heavy atom. The van der Waals surface area contributed by atoms with Gasteiger partial charge in [0.25, 0.3) is 0 Å². The van der Waals surface area contributed by atoms with Crippen molar-refractivity contribution in [2.75, 3.05) is 0 Å². The molecule has 13 heavy (non-hydrogen) atoms. The molecule has 2 heteroatoms. The molecule has 2 nitrogen and oxygen atoms in total. The van der Waals surface area contributed by atoms with Gasteiger partial charge in [-0.05, 0) is 41.9 Å². The van der Waals surface area contributed by atoms with Crippen LogP contribution in [0.2, 0.25) is 0 Å². The number of carbonyl (C=O) groups is 2. The van der Waals surface area contributed by atoms with Gasteiger partial charge in [0.2, 0.25) is 0 Å². The van der Waals surface area contributed by atoms with Crippen molar-refractivity contribution in [1.82, 2.24) is 0 Å². The van der Waals surface area contributed by atoms with Gasteiger partial charge in [0, 0.05) is 0 Å². The molecule has 0 heterocycles. The molecule has 0 saturated carbocycles. The number of rotatable bonds is 0. The van der Waals surface area contributed by atoms with Crippen molar-refractivity contribution in [2.24, 2.45) is 0 Å². The predicted octanol–water partition coefficient (Wildman–Crippen LogP) is 1.51. The normalized spacial score (nSPS) is 20.6. The van der Waals surface area contributed by atoms with E-state index in [1.807, 2.05) is 0 Å². The van der Waals surface area contributed by atoms with E-state index < -0.39 is 0 Å². The molecular formula is C11H8O2. The summed E-state index contributed by atoms with van der Waals surface area (Å²) in [6.45, 7) is 0. The number of allylic oxidation sites excluding steroid dienone is 8. The van der Waals surface area contributed by atoms with E-state index in [9.17, 15) is 9.59 Å². The van der Waals surface area contributed by atoms with Crippen LogP contribution in [0.15, 0.2) is 47.6 Å². The highest BCUT2D eigenvalue weighted by Crippen LogP contribution is 2.19. The first-order valence-corrected chi connectivity index (χ1v) is 4.09. The second-order valence-electron chi connectivity index (χ2n) is 3.09. The van der Waals surface area contributed by atoms with Crippen LogP contribution in [-0.4, -0.2) is 11.6 Å². The van der Waals surface area contributed by atoms with Crippen molar-refractivity contribution >= 4 is 11.6 Å². The third kappa shape index (κ3) is 1.72. The maximum Gasteiger partial charge on any atom is 0.178 e. The first-order chi connectivity index (χ1) is 6.24. The first-order valence-electron chi connectivity index (χ1n) is 4.09. The summed E-state index contributed by atoms with van der Waals surface area (Å²) in [5, 5.41) is 0. The molecule has 0 fully saturated rings. The summed E-state index contributed by atoms with van der Waals surface area (Å²) in [7, 11) is 0. The topological polar surface area (TPSA) is 34.1 Å². The second-order valence-corrected chi connectivity index (χ2v) is 3.09. The van der Waals surface area contributed by atoms with E-state index in [1.54, 1.807) is 24.3 Å². The van der Waals surface area contributed by atoms with Crippen LogP contribution >= 0.6 is 0 Å². The Kier molecular flexibility index (Phi) is 1.81. The summed E-state index contributed by atoms with van der Waals surface area (Å²) in [5.41, 5.74) is 1.79. The molecule has 2 bridgehead atoms. The van der Waals surface area contributed by atoms with Crippen molar-refractivity contribution in [1.29, 1.82) is 0 Å². The van der Waals surface area contributed by atoms with Crippen LogP contribution in [0.5, 0.6) is 0 Å². The fourth-order valence-electron chi connectivity index (χ4n) is 1.39. The Labute approximate surface area is 75.9 Å². The highest BCUT2D eigenvalue weighted by molar-refractivity contribution is 6.04. The van der Waals surface area contributed by atoms with Gasteiger partial charge in [0.1, 0.15) is 0 Å². The van der Waals surface area contributed by atoms with Gasteiger partial charge in [-0.2, -0.15) is 0 Å². The maximum absolute atomic E-state index is 11.1. The molecule has 2 aliphatic carbocycles. The molecule has 2 rings (SSSR count). The average molecular weight is 172 g/mol. The third-order valence-corrected chi connectivity index (χ3v) is 1.99. The first kappa shape index (κ1) is 7.92. The van der Waals surface area contributed by atoms with Gasteiger partial charge in [0.15, 0.2) is 11.6 Å². The van der Waals surface area contributed by atoms with E-state index in [1.165, 1.54) is 12.2 Å². The molecule has 0 atom stereocenters. The highest BCUT2D eigenvalue weighted by Gasteiger charge is 2.09. The quantitative estimate of drug-likeness (QED) is 0.555. The Balaban J connectivity index is 2.51. The molecule has 0 amide bonds. The summed E-state index contributed by atoms with van der Waals surface area (Å²) < 4.78 is 0. The zero-order valence-electron chi connectivity index (χ0n) is 6.99. The molecule has 0 aromatic carbocycles. The monoisotopic (exact) mass is 172 g/mol. The standard InChI is InChI=1S/C11H8O2/c12-10-3-1-8-5-9(7-10)2-4-11(13)6-8/h1-4,6-7H,5H2. The van der Waals surface area contributed by atoms with E-state index >= 15 is 0 Å². The molecule has 0 aromatic heterocycles. The maximum atomic E-state index is 11.1. The van der Waals surface area contributed by atoms with Crippen LogP contribution in [0.4, 0.5) is 0 Å². The van der Waals surface area contributed by atoms with Crippen molar-refractivity contribution in [3.8, 4) is 0 Å². The number of hydrogen-bond acceptors (Lipinski definition) is 2. The lowest BCUT2D eigenvalue weighted by atomic mass is 10.1. The van der Waals surface area contributed by atoms with E-state index in [2.05, 4.69) is 0 Å². The summed E-state index contributed by atoms with van der Waals surface area (Å²) in [5.74, 6) is -0.0326. The molecule has 0 N–H and O–H groups in total. The lowest BCUT2D eigenvalue weighted by molar-refractivity contribution is -0.111. The molecule has 0 aliphatic heterocycles. The smallest absolute Gasteiger partial charge is 0.178 e. The van der Waals surface area contributed by atoms with Gasteiger partial charge < -0.3 is 0 Å². The number of carbonyl (C=O) groups excluding carboxylic acids is 2. The third-order valence-electron chi connectivity index (χ3n) is 1.99. The Morgan fingerprint density at radius 2 is 1.23 bits per heavy atom. The predicted molar refractivity (Wildman–Crippen MR) is 49.1 cm³/mol. The van der Waals surface area contributed by atoms with E-state index in [0.717, 1.165) is 11.1 Å². The average Bonchev–Trinajstić information content (AvgIpc) is 2.34. The molecule has 0 radical (unpaired) electrons. The molecule has 0 spiro atoms. The van der Waals surface area contributed by atoms with Crippen molar-refractivity contribution in [3.05, 3.63) is 47.6 Å². The number of fused-ring (bicyclic) bond motifs is 2. The Morgan fingerprint density at radius 3 is 1.69 bits per heavy atom. The van der Waals surface area contributed by atoms with Crippen LogP contribution in [0.1, 0.15) is 6.42 Å². The zero-order chi connectivity index (χ0) is 9.26. The highest BCUT2D eigenvalue weighted by atomic mass is 16.1. The van der Waals surface area contributed by atoms with E-state index in [4.69, 9.17) is 0 Å². The zero-order valence-corrected chi connectivity index (χ0v) is 6.99. The fraction of sp³-hybridized carbons (Fsp3) is 0.0909. The Bertz CT molecular complexity index is 354. The lowest BCUT2D eigenvalue weighted by Crippen LogP contribution is -1.87. The Hall–Kier alpha value is -1.70. The van der Waals surface area contributed by atoms with Crippen molar-refractivity contribution < 1.29 is 9.59 Å². The molecule has 2 aliphatic rings. The molecule has 0 saturated heterocycles. The second kappa shape index (κ2) is 2.98. The molecular weight excluding hydrogens is 164 g/mol. The molecule has 0 aromatic rings. The lowest BCUT2D eigenvalue weighted by Gasteiger charge is -1.96. The van der Waals surface area contributed by atoms with Gasteiger partial charge in [-0.1, -0.05) is 12.2 Å². The van der Waals surface area contributed by atoms with Crippen molar-refractivity contribution in [3.63, 3.8) is 0 Å². The summed E-state index contributed by atoms with van der Waals surface area (Å²) >= 11 is 0. The van der Waals surface area contributed by atoms with Crippen LogP contribution in [0.3, 0.4) is 0 Å². The SMILES string of the molecule is O=C1C=CC2=CC(=O)C=CC(=C1)C2. The van der Waals surface area contributed by atoms with Gasteiger partial charge in [-0.15, -0.1) is 0 Å². The molecule has 0 unspecified atom stereocenters. The largest absolute Gasteiger partial charge is 0.290 e. The van der Waals surface area contributed by atoms with Crippen LogP contribution in [0.25, 0.3) is 0 Å². The number of ketones is 2. The van der Waals surface area contributed by atoms with Gasteiger partial charge >= 0.3 is 0 Å². The van der Waals surface area contributed by atoms with Crippen molar-refractivity contribution in [2.45, 2.75) is 6.42 Å². The van der Waals surface area contributed by atoms with Crippen LogP contribution in [0, 0.1) is 0 Å².